The van der Waals surface area contributed by atoms with E-state index >= 15 is 0 Å². The Balaban J connectivity index is 0.000000231. The van der Waals surface area contributed by atoms with Gasteiger partial charge in [0, 0.05) is 51.0 Å². The summed E-state index contributed by atoms with van der Waals surface area (Å²) in [6.45, 7) is 11.3. The standard InChI is InChI=1S/4C14H15NO.2Ni/c4*1-2-9-15-10-13-12-6-4-3-5-11(12)7-8-14(13)16;;/h4*3-8,10,16H,2,9H2,1H3;;/q;;;;2*+2/p-4. The van der Waals surface area contributed by atoms with Gasteiger partial charge in [0.25, 0.3) is 0 Å². The third kappa shape index (κ3) is 15.4. The molecule has 8 rings (SSSR count). The zero-order valence-electron chi connectivity index (χ0n) is 37.9. The van der Waals surface area contributed by atoms with Crippen LogP contribution >= 0.6 is 0 Å². The molecular weight excluding hydrogens is 910 g/mol. The predicted octanol–water partition coefficient (Wildman–Crippen LogP) is 11.0. The Morgan fingerprint density at radius 3 is 0.697 bits per heavy atom. The smallest absolute Gasteiger partial charge is 0.872 e. The third-order valence-corrected chi connectivity index (χ3v) is 10.0. The zero-order chi connectivity index (χ0) is 45.5. The largest absolute Gasteiger partial charge is 2.00 e. The van der Waals surface area contributed by atoms with Crippen LogP contribution in [0.1, 0.15) is 75.6 Å². The van der Waals surface area contributed by atoms with Crippen LogP contribution in [0.5, 0.6) is 23.0 Å². The Bertz CT molecular complexity index is 2470. The first-order valence-electron chi connectivity index (χ1n) is 22.0. The fourth-order valence-electron chi connectivity index (χ4n) is 6.77. The van der Waals surface area contributed by atoms with E-state index in [1.165, 1.54) is 0 Å². The van der Waals surface area contributed by atoms with Gasteiger partial charge in [-0.25, -0.2) is 0 Å². The summed E-state index contributed by atoms with van der Waals surface area (Å²) in [6.07, 6.45) is 10.8. The Hall–Kier alpha value is -6.33. The van der Waals surface area contributed by atoms with Crippen LogP contribution in [0.3, 0.4) is 0 Å². The van der Waals surface area contributed by atoms with E-state index in [2.05, 4.69) is 47.7 Å². The number of hydrogen-bond acceptors (Lipinski definition) is 8. The molecule has 0 atom stereocenters. The first-order valence-corrected chi connectivity index (χ1v) is 22.0. The van der Waals surface area contributed by atoms with Crippen LogP contribution in [0.2, 0.25) is 0 Å². The number of hydrogen-bond donors (Lipinski definition) is 0. The van der Waals surface area contributed by atoms with Crippen LogP contribution in [-0.4, -0.2) is 51.0 Å². The van der Waals surface area contributed by atoms with Crippen LogP contribution in [0, 0.1) is 0 Å². The van der Waals surface area contributed by atoms with Crippen molar-refractivity contribution in [1.82, 2.24) is 0 Å². The van der Waals surface area contributed by atoms with Crippen LogP contribution in [0.15, 0.2) is 166 Å². The molecule has 8 aromatic rings. The second-order valence-corrected chi connectivity index (χ2v) is 14.9. The first kappa shape index (κ1) is 54.0. The molecule has 0 aliphatic carbocycles. The van der Waals surface area contributed by atoms with Crippen molar-refractivity contribution >= 4 is 67.9 Å². The minimum atomic E-state index is 0. The molecule has 0 heterocycles. The summed E-state index contributed by atoms with van der Waals surface area (Å²) in [5, 5.41) is 55.2. The molecule has 0 bridgehead atoms. The third-order valence-electron chi connectivity index (χ3n) is 10.0. The van der Waals surface area contributed by atoms with E-state index in [9.17, 15) is 20.4 Å². The molecular formula is C56H56N4Ni2O4. The molecule has 0 unspecified atom stereocenters. The fraction of sp³-hybridized carbons (Fsp3) is 0.214. The molecule has 344 valence electrons. The number of aliphatic imine (C=N–C) groups is 4. The summed E-state index contributed by atoms with van der Waals surface area (Å²) in [4.78, 5) is 17.0. The number of rotatable bonds is 12. The normalized spacial score (nSPS) is 11.0. The van der Waals surface area contributed by atoms with E-state index in [0.29, 0.717) is 22.3 Å². The Morgan fingerprint density at radius 2 is 0.500 bits per heavy atom. The second-order valence-electron chi connectivity index (χ2n) is 14.9. The Labute approximate surface area is 409 Å². The zero-order valence-corrected chi connectivity index (χ0v) is 39.9. The van der Waals surface area contributed by atoms with Crippen LogP contribution in [-0.2, 0) is 33.0 Å². The average Bonchev–Trinajstić information content (AvgIpc) is 3.32. The van der Waals surface area contributed by atoms with Crippen molar-refractivity contribution in [1.29, 1.82) is 0 Å². The van der Waals surface area contributed by atoms with Gasteiger partial charge in [-0.05, 0) is 91.0 Å². The van der Waals surface area contributed by atoms with E-state index in [-0.39, 0.29) is 56.0 Å². The molecule has 8 nitrogen and oxygen atoms in total. The summed E-state index contributed by atoms with van der Waals surface area (Å²) < 4.78 is 0. The number of fused-ring (bicyclic) bond motifs is 4. The first-order chi connectivity index (χ1) is 31.3. The molecule has 0 aliphatic heterocycles. The maximum absolute atomic E-state index is 11.7. The molecule has 0 amide bonds. The van der Waals surface area contributed by atoms with Crippen molar-refractivity contribution in [3.05, 3.63) is 168 Å². The van der Waals surface area contributed by atoms with Gasteiger partial charge in [-0.2, -0.15) is 0 Å². The summed E-state index contributed by atoms with van der Waals surface area (Å²) in [5.41, 5.74) is 2.80. The molecule has 0 aromatic heterocycles. The molecule has 66 heavy (non-hydrogen) atoms. The summed E-state index contributed by atoms with van der Waals surface area (Å²) in [6, 6.07) is 45.4. The topological polar surface area (TPSA) is 142 Å². The van der Waals surface area contributed by atoms with Gasteiger partial charge in [0.05, 0.1) is 0 Å². The summed E-state index contributed by atoms with van der Waals surface area (Å²) >= 11 is 0. The van der Waals surface area contributed by atoms with E-state index in [4.69, 9.17) is 0 Å². The Morgan fingerprint density at radius 1 is 0.303 bits per heavy atom. The van der Waals surface area contributed by atoms with Crippen molar-refractivity contribution in [3.8, 4) is 23.0 Å². The van der Waals surface area contributed by atoms with Crippen LogP contribution in [0.25, 0.3) is 43.1 Å². The molecule has 0 saturated carbocycles. The van der Waals surface area contributed by atoms with E-state index in [1.807, 2.05) is 121 Å². The van der Waals surface area contributed by atoms with Gasteiger partial charge in [0.15, 0.2) is 0 Å². The van der Waals surface area contributed by atoms with Crippen molar-refractivity contribution < 1.29 is 53.4 Å². The van der Waals surface area contributed by atoms with Gasteiger partial charge in [0.1, 0.15) is 0 Å². The van der Waals surface area contributed by atoms with Crippen molar-refractivity contribution in [2.24, 2.45) is 20.0 Å². The molecule has 0 radical (unpaired) electrons. The van der Waals surface area contributed by atoms with Gasteiger partial charge >= 0.3 is 33.0 Å². The maximum Gasteiger partial charge on any atom is 2.00 e. The quantitative estimate of drug-likeness (QED) is 0.0887. The molecule has 0 fully saturated rings. The maximum atomic E-state index is 11.7. The molecule has 10 heteroatoms. The molecule has 0 aliphatic rings. The minimum Gasteiger partial charge on any atom is -0.872 e. The predicted molar refractivity (Wildman–Crippen MR) is 265 cm³/mol. The summed E-state index contributed by atoms with van der Waals surface area (Å²) in [7, 11) is 0. The monoisotopic (exact) mass is 964 g/mol. The van der Waals surface area contributed by atoms with Gasteiger partial charge < -0.3 is 20.4 Å². The van der Waals surface area contributed by atoms with Crippen LogP contribution < -0.4 is 20.4 Å². The van der Waals surface area contributed by atoms with Crippen LogP contribution in [0.4, 0.5) is 0 Å². The average molecular weight is 966 g/mol. The van der Waals surface area contributed by atoms with Gasteiger partial charge in [-0.15, -0.1) is 0 Å². The van der Waals surface area contributed by atoms with E-state index in [0.717, 1.165) is 95.0 Å². The van der Waals surface area contributed by atoms with Gasteiger partial charge in [-0.3, -0.25) is 20.0 Å². The van der Waals surface area contributed by atoms with Crippen molar-refractivity contribution in [2.75, 3.05) is 26.2 Å². The summed E-state index contributed by atoms with van der Waals surface area (Å²) in [5.74, 6) is 0.161. The van der Waals surface area contributed by atoms with Gasteiger partial charge in [0.2, 0.25) is 0 Å². The molecule has 0 spiro atoms. The molecule has 8 aromatic carbocycles. The van der Waals surface area contributed by atoms with E-state index in [1.54, 1.807) is 49.1 Å². The SMILES string of the molecule is CCCN=Cc1c([O-])ccc2ccccc12.CCCN=Cc1c([O-])ccc2ccccc12.CCCN=Cc1c([O-])ccc2ccccc12.CCCN=Cc1c([O-])ccc2ccccc12.[Ni+2].[Ni+2]. The molecule has 0 N–H and O–H groups in total. The number of nitrogens with zero attached hydrogens (tertiary/aromatic N) is 4. The molecule has 0 saturated heterocycles. The Kier molecular flexibility index (Phi) is 23.9. The van der Waals surface area contributed by atoms with Crippen molar-refractivity contribution in [3.63, 3.8) is 0 Å². The van der Waals surface area contributed by atoms with Crippen molar-refractivity contribution in [2.45, 2.75) is 53.4 Å². The van der Waals surface area contributed by atoms with Gasteiger partial charge in [-0.1, -0.05) is 196 Å². The number of benzene rings is 8. The second kappa shape index (κ2) is 29.3. The fourth-order valence-corrected chi connectivity index (χ4v) is 6.77. The minimum absolute atomic E-state index is 0. The van der Waals surface area contributed by atoms with E-state index < -0.39 is 0 Å².